The first-order valence-corrected chi connectivity index (χ1v) is 17.1. The van der Waals surface area contributed by atoms with E-state index in [2.05, 4.69) is 5.32 Å². The van der Waals surface area contributed by atoms with Gasteiger partial charge in [-0.25, -0.2) is 13.2 Å². The number of nitrogens with zero attached hydrogens (tertiary/aromatic N) is 2. The van der Waals surface area contributed by atoms with Crippen molar-refractivity contribution in [2.24, 2.45) is 5.73 Å². The Morgan fingerprint density at radius 3 is 2.31 bits per heavy atom. The van der Waals surface area contributed by atoms with E-state index in [4.69, 9.17) is 10.5 Å². The van der Waals surface area contributed by atoms with Crippen LogP contribution in [-0.2, 0) is 16.2 Å². The first-order chi connectivity index (χ1) is 22.6. The molecule has 0 saturated carbocycles. The van der Waals surface area contributed by atoms with Crippen molar-refractivity contribution in [3.63, 3.8) is 0 Å². The van der Waals surface area contributed by atoms with Crippen molar-refractivity contribution in [1.82, 2.24) is 14.5 Å². The van der Waals surface area contributed by atoms with Crippen molar-refractivity contribution in [2.75, 3.05) is 32.8 Å². The normalized spacial score (nSPS) is 18.1. The summed E-state index contributed by atoms with van der Waals surface area (Å²) >= 11 is -1.57. The summed E-state index contributed by atoms with van der Waals surface area (Å²) in [7, 11) is 0. The van der Waals surface area contributed by atoms with Crippen LogP contribution in [0.5, 0.6) is 5.75 Å². The van der Waals surface area contributed by atoms with Crippen LogP contribution in [0, 0.1) is 19.7 Å². The summed E-state index contributed by atoms with van der Waals surface area (Å²) in [6.07, 6.45) is 2.17. The molecule has 14 heteroatoms. The van der Waals surface area contributed by atoms with Crippen LogP contribution in [0.3, 0.4) is 0 Å². The molecule has 0 radical (unpaired) electrons. The average molecular weight is 693 g/mol. The van der Waals surface area contributed by atoms with Gasteiger partial charge in [-0.3, -0.25) is 14.4 Å². The molecule has 2 fully saturated rings. The van der Waals surface area contributed by atoms with E-state index in [9.17, 15) is 37.2 Å². The van der Waals surface area contributed by atoms with E-state index in [1.165, 1.54) is 6.07 Å². The van der Waals surface area contributed by atoms with Gasteiger partial charge in [0.2, 0.25) is 11.8 Å². The van der Waals surface area contributed by atoms with Gasteiger partial charge in [-0.05, 0) is 106 Å². The molecule has 2 aliphatic rings. The number of carbonyl (C=O) groups is 3. The second-order valence-corrected chi connectivity index (χ2v) is 14.0. The van der Waals surface area contributed by atoms with Crippen molar-refractivity contribution in [3.05, 3.63) is 69.4 Å². The predicted molar refractivity (Wildman–Crippen MR) is 176 cm³/mol. The fraction of sp³-hybridized carbons (Fsp3) is 0.500. The van der Waals surface area contributed by atoms with Crippen LogP contribution in [0.4, 0.5) is 13.2 Å². The Labute approximate surface area is 281 Å². The van der Waals surface area contributed by atoms with Gasteiger partial charge in [0, 0.05) is 43.7 Å². The van der Waals surface area contributed by atoms with E-state index in [0.29, 0.717) is 31.5 Å². The lowest BCUT2D eigenvalue weighted by Crippen LogP contribution is -2.62. The maximum Gasteiger partial charge on any atom is 0.253 e. The number of amides is 3. The zero-order valence-electron chi connectivity index (χ0n) is 27.4. The molecule has 2 heterocycles. The fourth-order valence-electron chi connectivity index (χ4n) is 5.92. The number of likely N-dealkylation sites (tertiary alicyclic amines) is 1. The molecule has 0 bridgehead atoms. The summed E-state index contributed by atoms with van der Waals surface area (Å²) in [6, 6.07) is 6.98. The second kappa shape index (κ2) is 15.7. The summed E-state index contributed by atoms with van der Waals surface area (Å²) in [5.41, 5.74) is 7.36. The average Bonchev–Trinajstić information content (AvgIpc) is 3.03. The third-order valence-electron chi connectivity index (χ3n) is 8.81. The minimum Gasteiger partial charge on any atom is -0.593 e. The van der Waals surface area contributed by atoms with Crippen LogP contribution < -0.4 is 15.8 Å². The van der Waals surface area contributed by atoms with Gasteiger partial charge < -0.3 is 30.3 Å². The highest BCUT2D eigenvalue weighted by Crippen LogP contribution is 2.28. The highest BCUT2D eigenvalue weighted by molar-refractivity contribution is 7.92. The van der Waals surface area contributed by atoms with Gasteiger partial charge in [0.15, 0.2) is 11.6 Å². The maximum atomic E-state index is 14.3. The van der Waals surface area contributed by atoms with E-state index >= 15 is 0 Å². The number of alkyl halides is 2. The SMILES string of the molecule is Cc1cc(C(=O)N2CCC(O)CC2)cc(C)c1/C=C/[S+]([O-])N1CCC(NC(=O)c2ccc(F)c(OCCCC(C)(F)F)c2)(C(N)=O)CC1. The van der Waals surface area contributed by atoms with Crippen molar-refractivity contribution in [2.45, 2.75) is 76.9 Å². The fourth-order valence-corrected chi connectivity index (χ4v) is 6.88. The number of primary amides is 1. The number of aryl methyl sites for hydroxylation is 2. The van der Waals surface area contributed by atoms with Crippen LogP contribution in [-0.4, -0.2) is 86.9 Å². The largest absolute Gasteiger partial charge is 0.593 e. The van der Waals surface area contributed by atoms with Crippen LogP contribution >= 0.6 is 0 Å². The quantitative estimate of drug-likeness (QED) is 0.223. The van der Waals surface area contributed by atoms with E-state index < -0.39 is 46.9 Å². The third kappa shape index (κ3) is 9.52. The molecule has 0 aliphatic carbocycles. The van der Waals surface area contributed by atoms with E-state index in [-0.39, 0.29) is 62.3 Å². The number of aliphatic hydroxyl groups excluding tert-OH is 1. The van der Waals surface area contributed by atoms with Crippen molar-refractivity contribution < 1.29 is 42.0 Å². The molecule has 4 N–H and O–H groups in total. The van der Waals surface area contributed by atoms with Gasteiger partial charge in [-0.2, -0.15) is 0 Å². The number of hydrogen-bond donors (Lipinski definition) is 3. The molecule has 2 aliphatic heterocycles. The number of aliphatic hydroxyl groups is 1. The van der Waals surface area contributed by atoms with Crippen LogP contribution in [0.15, 0.2) is 35.7 Å². The molecule has 48 heavy (non-hydrogen) atoms. The highest BCUT2D eigenvalue weighted by atomic mass is 32.2. The summed E-state index contributed by atoms with van der Waals surface area (Å²) < 4.78 is 60.6. The van der Waals surface area contributed by atoms with Gasteiger partial charge in [0.25, 0.3) is 11.8 Å². The van der Waals surface area contributed by atoms with Gasteiger partial charge >= 0.3 is 0 Å². The Morgan fingerprint density at radius 1 is 1.10 bits per heavy atom. The lowest BCUT2D eigenvalue weighted by atomic mass is 9.87. The molecule has 2 aromatic rings. The predicted octanol–water partition coefficient (Wildman–Crippen LogP) is 4.24. The Hall–Kier alpha value is -3.59. The lowest BCUT2D eigenvalue weighted by molar-refractivity contribution is -0.125. The number of ether oxygens (including phenoxy) is 1. The molecule has 2 aromatic carbocycles. The van der Waals surface area contributed by atoms with E-state index in [0.717, 1.165) is 35.7 Å². The first kappa shape index (κ1) is 37.2. The lowest BCUT2D eigenvalue weighted by Gasteiger charge is -2.38. The van der Waals surface area contributed by atoms with Crippen LogP contribution in [0.2, 0.25) is 0 Å². The number of nitrogens with one attached hydrogen (secondary N) is 1. The number of carbonyl (C=O) groups excluding carboxylic acids is 3. The Balaban J connectivity index is 1.36. The topological polar surface area (TPSA) is 148 Å². The van der Waals surface area contributed by atoms with Crippen molar-refractivity contribution in [1.29, 1.82) is 0 Å². The maximum absolute atomic E-state index is 14.3. The standard InChI is InChI=1S/C34H43F3N4O6S/c1-22-19-25(31(44)40-13-7-26(42)8-14-40)20-23(2)27(22)9-18-48(46)41-15-11-34(12-16-41,32(38)45)39-30(43)24-5-6-28(35)29(21-24)47-17-4-10-33(3,36)37/h5-6,9,18-21,26,42H,4,7-8,10-17H2,1-3H3,(H2,38,45)(H,39,43)/b18-9+. The zero-order chi connectivity index (χ0) is 35.2. The Kier molecular flexibility index (Phi) is 12.2. The second-order valence-electron chi connectivity index (χ2n) is 12.6. The summed E-state index contributed by atoms with van der Waals surface area (Å²) in [5, 5.41) is 14.0. The minimum atomic E-state index is -2.88. The van der Waals surface area contributed by atoms with Gasteiger partial charge in [-0.15, -0.1) is 4.31 Å². The summed E-state index contributed by atoms with van der Waals surface area (Å²) in [4.78, 5) is 40.5. The molecule has 4 rings (SSSR count). The number of hydrogen-bond acceptors (Lipinski definition) is 7. The number of benzene rings is 2. The number of rotatable bonds is 12. The van der Waals surface area contributed by atoms with Crippen LogP contribution in [0.1, 0.15) is 82.9 Å². The molecule has 3 amide bonds. The molecule has 2 saturated heterocycles. The molecule has 1 unspecified atom stereocenters. The molecular formula is C34H43F3N4O6S. The smallest absolute Gasteiger partial charge is 0.253 e. The molecule has 1 atom stereocenters. The monoisotopic (exact) mass is 692 g/mol. The molecular weight excluding hydrogens is 649 g/mol. The minimum absolute atomic E-state index is 0.00466. The highest BCUT2D eigenvalue weighted by Gasteiger charge is 2.43. The molecule has 0 spiro atoms. The third-order valence-corrected chi connectivity index (χ3v) is 10.1. The number of piperidine rings is 2. The van der Waals surface area contributed by atoms with Gasteiger partial charge in [-0.1, -0.05) is 0 Å². The zero-order valence-corrected chi connectivity index (χ0v) is 28.2. The first-order valence-electron chi connectivity index (χ1n) is 15.9. The molecule has 262 valence electrons. The Bertz CT molecular complexity index is 1500. The Morgan fingerprint density at radius 2 is 1.73 bits per heavy atom. The summed E-state index contributed by atoms with van der Waals surface area (Å²) in [6.45, 7) is 5.72. The van der Waals surface area contributed by atoms with Gasteiger partial charge in [0.1, 0.15) is 10.9 Å². The molecule has 10 nitrogen and oxygen atoms in total. The van der Waals surface area contributed by atoms with Crippen molar-refractivity contribution >= 4 is 35.2 Å². The van der Waals surface area contributed by atoms with E-state index in [1.807, 2.05) is 13.8 Å². The number of halogens is 3. The van der Waals surface area contributed by atoms with Crippen LogP contribution in [0.25, 0.3) is 6.08 Å². The number of nitrogens with two attached hydrogens (primary N) is 1. The summed E-state index contributed by atoms with van der Waals surface area (Å²) in [5.74, 6) is -5.47. The molecule has 0 aromatic heterocycles. The van der Waals surface area contributed by atoms with Crippen molar-refractivity contribution in [3.8, 4) is 5.75 Å². The van der Waals surface area contributed by atoms with Gasteiger partial charge in [0.05, 0.1) is 24.1 Å². The van der Waals surface area contributed by atoms with E-state index in [1.54, 1.807) is 32.8 Å².